The van der Waals surface area contributed by atoms with Gasteiger partial charge in [0.25, 0.3) is 5.91 Å². The fourth-order valence-corrected chi connectivity index (χ4v) is 2.79. The van der Waals surface area contributed by atoms with Crippen molar-refractivity contribution in [2.75, 3.05) is 13.2 Å². The van der Waals surface area contributed by atoms with Crippen LogP contribution in [0.2, 0.25) is 0 Å². The first kappa shape index (κ1) is 15.8. The van der Waals surface area contributed by atoms with Crippen LogP contribution in [0.3, 0.4) is 0 Å². The van der Waals surface area contributed by atoms with Gasteiger partial charge in [-0.25, -0.2) is 4.98 Å². The Balaban J connectivity index is 1.98. The summed E-state index contributed by atoms with van der Waals surface area (Å²) in [5.41, 5.74) is 0.527. The van der Waals surface area contributed by atoms with E-state index in [1.165, 1.54) is 12.6 Å². The van der Waals surface area contributed by atoms with Crippen LogP contribution in [0.1, 0.15) is 49.4 Å². The lowest BCUT2D eigenvalue weighted by Gasteiger charge is -2.24. The van der Waals surface area contributed by atoms with Crippen molar-refractivity contribution >= 4 is 5.91 Å². The van der Waals surface area contributed by atoms with Crippen molar-refractivity contribution in [2.45, 2.75) is 45.1 Å². The van der Waals surface area contributed by atoms with E-state index in [1.54, 1.807) is 12.1 Å². The maximum Gasteiger partial charge on any atom is 0.253 e. The van der Waals surface area contributed by atoms with Gasteiger partial charge in [-0.15, -0.1) is 0 Å². The van der Waals surface area contributed by atoms with Crippen LogP contribution < -0.4 is 10.1 Å². The second-order valence-corrected chi connectivity index (χ2v) is 5.48. The fourth-order valence-electron chi connectivity index (χ4n) is 2.79. The van der Waals surface area contributed by atoms with Crippen molar-refractivity contribution in [1.29, 1.82) is 0 Å². The molecule has 1 heterocycles. The molecule has 0 saturated heterocycles. The predicted molar refractivity (Wildman–Crippen MR) is 80.3 cm³/mol. The van der Waals surface area contributed by atoms with Crippen LogP contribution in [0.4, 0.5) is 0 Å². The van der Waals surface area contributed by atoms with E-state index in [0.717, 1.165) is 25.7 Å². The van der Waals surface area contributed by atoms with Crippen molar-refractivity contribution in [3.63, 3.8) is 0 Å². The summed E-state index contributed by atoms with van der Waals surface area (Å²) in [6.07, 6.45) is 6.84. The number of nitrogens with one attached hydrogen (secondary N) is 1. The number of pyridine rings is 1. The van der Waals surface area contributed by atoms with Crippen LogP contribution in [-0.2, 0) is 0 Å². The highest BCUT2D eigenvalue weighted by Gasteiger charge is 2.25. The third-order valence-corrected chi connectivity index (χ3v) is 4.00. The van der Waals surface area contributed by atoms with Gasteiger partial charge in [-0.1, -0.05) is 19.3 Å². The van der Waals surface area contributed by atoms with Gasteiger partial charge in [-0.3, -0.25) is 4.79 Å². The van der Waals surface area contributed by atoms with Gasteiger partial charge in [0.15, 0.2) is 0 Å². The fraction of sp³-hybridized carbons (Fsp3) is 0.625. The molecule has 1 aliphatic rings. The highest BCUT2D eigenvalue weighted by Crippen LogP contribution is 2.23. The van der Waals surface area contributed by atoms with Crippen LogP contribution >= 0.6 is 0 Å². The molecule has 0 bridgehead atoms. The smallest absolute Gasteiger partial charge is 0.253 e. The topological polar surface area (TPSA) is 71.5 Å². The molecule has 116 valence electrons. The molecule has 0 aliphatic heterocycles. The minimum absolute atomic E-state index is 0.0524. The van der Waals surface area contributed by atoms with Crippen LogP contribution in [0, 0.1) is 5.92 Å². The van der Waals surface area contributed by atoms with Gasteiger partial charge >= 0.3 is 0 Å². The molecule has 1 aromatic heterocycles. The van der Waals surface area contributed by atoms with E-state index >= 15 is 0 Å². The van der Waals surface area contributed by atoms with E-state index < -0.39 is 0 Å². The molecule has 2 N–H and O–H groups in total. The molecule has 1 aromatic rings. The van der Waals surface area contributed by atoms with E-state index in [2.05, 4.69) is 10.3 Å². The van der Waals surface area contributed by atoms with Gasteiger partial charge in [0.1, 0.15) is 0 Å². The molecule has 2 atom stereocenters. The van der Waals surface area contributed by atoms with Crippen LogP contribution in [0.25, 0.3) is 0 Å². The zero-order valence-corrected chi connectivity index (χ0v) is 12.5. The summed E-state index contributed by atoms with van der Waals surface area (Å²) in [4.78, 5) is 16.4. The van der Waals surface area contributed by atoms with Gasteiger partial charge in [-0.2, -0.15) is 0 Å². The van der Waals surface area contributed by atoms with E-state index in [0.29, 0.717) is 18.1 Å². The Morgan fingerprint density at radius 2 is 2.19 bits per heavy atom. The molecule has 0 radical (unpaired) electrons. The monoisotopic (exact) mass is 292 g/mol. The van der Waals surface area contributed by atoms with Crippen LogP contribution in [0.15, 0.2) is 18.3 Å². The SMILES string of the molecule is CCOc1ccc(C(=O)NC2CCCCCC2CO)cn1. The normalized spacial score (nSPS) is 22.4. The van der Waals surface area contributed by atoms with Crippen LogP contribution in [-0.4, -0.2) is 35.3 Å². The molecule has 0 spiro atoms. The first-order valence-electron chi connectivity index (χ1n) is 7.75. The van der Waals surface area contributed by atoms with E-state index in [9.17, 15) is 9.90 Å². The van der Waals surface area contributed by atoms with Crippen molar-refractivity contribution < 1.29 is 14.6 Å². The summed E-state index contributed by atoms with van der Waals surface area (Å²) in [5, 5.41) is 12.5. The Kier molecular flexibility index (Phi) is 5.99. The lowest BCUT2D eigenvalue weighted by molar-refractivity contribution is 0.0899. The molecule has 1 saturated carbocycles. The van der Waals surface area contributed by atoms with Crippen molar-refractivity contribution in [3.8, 4) is 5.88 Å². The van der Waals surface area contributed by atoms with Gasteiger partial charge in [0, 0.05) is 30.8 Å². The number of aliphatic hydroxyl groups excluding tert-OH is 1. The third-order valence-electron chi connectivity index (χ3n) is 4.00. The lowest BCUT2D eigenvalue weighted by atomic mass is 9.95. The molecular weight excluding hydrogens is 268 g/mol. The number of rotatable bonds is 5. The first-order chi connectivity index (χ1) is 10.2. The number of amides is 1. The number of aliphatic hydroxyl groups is 1. The highest BCUT2D eigenvalue weighted by molar-refractivity contribution is 5.94. The quantitative estimate of drug-likeness (QED) is 0.816. The number of nitrogens with zero attached hydrogens (tertiary/aromatic N) is 1. The molecule has 2 rings (SSSR count). The number of carbonyl (C=O) groups is 1. The first-order valence-corrected chi connectivity index (χ1v) is 7.75. The van der Waals surface area contributed by atoms with E-state index in [4.69, 9.17) is 4.74 Å². The minimum Gasteiger partial charge on any atom is -0.478 e. The second-order valence-electron chi connectivity index (χ2n) is 5.48. The Hall–Kier alpha value is -1.62. The number of hydrogen-bond donors (Lipinski definition) is 2. The zero-order chi connectivity index (χ0) is 15.1. The van der Waals surface area contributed by atoms with Gasteiger partial charge in [0.2, 0.25) is 5.88 Å². The second kappa shape index (κ2) is 7.98. The molecule has 2 unspecified atom stereocenters. The third kappa shape index (κ3) is 4.43. The molecule has 5 heteroatoms. The summed E-state index contributed by atoms with van der Waals surface area (Å²) in [6.45, 7) is 2.58. The lowest BCUT2D eigenvalue weighted by Crippen LogP contribution is -2.41. The Bertz CT molecular complexity index is 447. The predicted octanol–water partition coefficient (Wildman–Crippen LogP) is 2.15. The molecular formula is C16H24N2O3. The molecule has 1 amide bonds. The minimum atomic E-state index is -0.129. The Morgan fingerprint density at radius 1 is 1.38 bits per heavy atom. The molecule has 5 nitrogen and oxygen atoms in total. The van der Waals surface area contributed by atoms with Crippen molar-refractivity contribution in [1.82, 2.24) is 10.3 Å². The maximum absolute atomic E-state index is 12.3. The number of ether oxygens (including phenoxy) is 1. The average Bonchev–Trinajstić information content (AvgIpc) is 2.73. The summed E-state index contributed by atoms with van der Waals surface area (Å²) >= 11 is 0. The molecule has 1 fully saturated rings. The van der Waals surface area contributed by atoms with E-state index in [1.807, 2.05) is 6.92 Å². The standard InChI is InChI=1S/C16H24N2O3/c1-2-21-15-9-8-12(10-17-15)16(20)18-14-7-5-3-4-6-13(14)11-19/h8-10,13-14,19H,2-7,11H2,1H3,(H,18,20). The van der Waals surface area contributed by atoms with Crippen molar-refractivity contribution in [2.24, 2.45) is 5.92 Å². The average molecular weight is 292 g/mol. The molecule has 0 aromatic carbocycles. The summed E-state index contributed by atoms with van der Waals surface area (Å²) in [5.74, 6) is 0.555. The Morgan fingerprint density at radius 3 is 2.86 bits per heavy atom. The van der Waals surface area contributed by atoms with Crippen LogP contribution in [0.5, 0.6) is 5.88 Å². The zero-order valence-electron chi connectivity index (χ0n) is 12.5. The van der Waals surface area contributed by atoms with Gasteiger partial charge < -0.3 is 15.2 Å². The largest absolute Gasteiger partial charge is 0.478 e. The summed E-state index contributed by atoms with van der Waals surface area (Å²) in [6, 6.07) is 3.48. The molecule has 21 heavy (non-hydrogen) atoms. The number of carbonyl (C=O) groups excluding carboxylic acids is 1. The van der Waals surface area contributed by atoms with E-state index in [-0.39, 0.29) is 24.5 Å². The summed E-state index contributed by atoms with van der Waals surface area (Å²) < 4.78 is 5.27. The summed E-state index contributed by atoms with van der Waals surface area (Å²) in [7, 11) is 0. The number of aromatic nitrogens is 1. The molecule has 1 aliphatic carbocycles. The maximum atomic E-state index is 12.3. The van der Waals surface area contributed by atoms with Gasteiger partial charge in [-0.05, 0) is 25.8 Å². The highest BCUT2D eigenvalue weighted by atomic mass is 16.5. The Labute approximate surface area is 125 Å². The number of hydrogen-bond acceptors (Lipinski definition) is 4. The van der Waals surface area contributed by atoms with Gasteiger partial charge in [0.05, 0.1) is 12.2 Å². The van der Waals surface area contributed by atoms with Crippen molar-refractivity contribution in [3.05, 3.63) is 23.9 Å².